The third kappa shape index (κ3) is 5.98. The smallest absolute Gasteiger partial charge is 0.348 e. The molecule has 21 heavy (non-hydrogen) atoms. The molecule has 0 spiro atoms. The topological polar surface area (TPSA) is 61.4 Å². The number of nitrogens with one attached hydrogen (secondary N) is 1. The van der Waals surface area contributed by atoms with Gasteiger partial charge in [0, 0.05) is 16.2 Å². The lowest BCUT2D eigenvalue weighted by Crippen LogP contribution is -2.40. The van der Waals surface area contributed by atoms with E-state index in [1.807, 2.05) is 54.5 Å². The second-order valence-electron chi connectivity index (χ2n) is 6.92. The fourth-order valence-corrected chi connectivity index (χ4v) is 3.18. The maximum absolute atomic E-state index is 12.1. The third-order valence-electron chi connectivity index (χ3n) is 2.49. The summed E-state index contributed by atoms with van der Waals surface area (Å²) in [5.74, 6) is -0.317. The van der Waals surface area contributed by atoms with Crippen LogP contribution in [0.25, 0.3) is 0 Å². The Kier molecular flexibility index (Phi) is 5.89. The molecule has 120 valence electrons. The third-order valence-corrected chi connectivity index (χ3v) is 5.42. The molecule has 1 aromatic heterocycles. The zero-order valence-electron chi connectivity index (χ0n) is 13.8. The summed E-state index contributed by atoms with van der Waals surface area (Å²) in [5, 5.41) is 0. The molecule has 1 aromatic rings. The fourth-order valence-electron chi connectivity index (χ4n) is 1.42. The van der Waals surface area contributed by atoms with Gasteiger partial charge in [-0.25, -0.2) is 4.79 Å². The first-order valence-corrected chi connectivity index (χ1v) is 8.88. The number of hydrogen-bond acceptors (Lipinski definition) is 5. The normalized spacial score (nSPS) is 15.6. The molecule has 1 N–H and O–H groups in total. The Morgan fingerprint density at radius 3 is 2.33 bits per heavy atom. The Hall–Kier alpha value is -0.560. The van der Waals surface area contributed by atoms with Crippen molar-refractivity contribution >= 4 is 28.7 Å². The second kappa shape index (κ2) is 6.69. The number of thiophene rings is 1. The first-order valence-electron chi connectivity index (χ1n) is 6.91. The van der Waals surface area contributed by atoms with Gasteiger partial charge in [0.15, 0.2) is 0 Å². The molecule has 1 heterocycles. The zero-order valence-corrected chi connectivity index (χ0v) is 15.4. The van der Waals surface area contributed by atoms with Crippen LogP contribution in [0.4, 0.5) is 0 Å². The molecule has 0 amide bonds. The molecule has 2 atom stereocenters. The summed E-state index contributed by atoms with van der Waals surface area (Å²) in [6.07, 6.45) is 0. The van der Waals surface area contributed by atoms with E-state index in [4.69, 9.17) is 4.74 Å². The SMILES string of the molecule is C[C@@H](N[S+]([O-])C(C)(C)C)c1ccc(C(=O)OC(C)(C)C)s1. The lowest BCUT2D eigenvalue weighted by Gasteiger charge is -2.26. The highest BCUT2D eigenvalue weighted by molar-refractivity contribution is 7.90. The van der Waals surface area contributed by atoms with Crippen molar-refractivity contribution in [1.29, 1.82) is 0 Å². The summed E-state index contributed by atoms with van der Waals surface area (Å²) >= 11 is 0.226. The Bertz CT molecular complexity index is 486. The predicted octanol–water partition coefficient (Wildman–Crippen LogP) is 3.82. The molecule has 1 rings (SSSR count). The summed E-state index contributed by atoms with van der Waals surface area (Å²) in [4.78, 5) is 13.5. The van der Waals surface area contributed by atoms with Crippen molar-refractivity contribution in [2.24, 2.45) is 0 Å². The van der Waals surface area contributed by atoms with E-state index in [0.29, 0.717) is 4.88 Å². The van der Waals surface area contributed by atoms with Crippen molar-refractivity contribution in [1.82, 2.24) is 4.72 Å². The Balaban J connectivity index is 2.73. The van der Waals surface area contributed by atoms with Crippen molar-refractivity contribution < 1.29 is 14.1 Å². The number of rotatable bonds is 4. The first-order chi connectivity index (χ1) is 9.40. The highest BCUT2D eigenvalue weighted by atomic mass is 32.2. The fraction of sp³-hybridized carbons (Fsp3) is 0.667. The van der Waals surface area contributed by atoms with Crippen LogP contribution in [0.5, 0.6) is 0 Å². The molecule has 0 aliphatic rings. The zero-order chi connectivity index (χ0) is 16.4. The number of ether oxygens (including phenoxy) is 1. The van der Waals surface area contributed by atoms with Crippen LogP contribution in [0.2, 0.25) is 0 Å². The molecule has 6 heteroatoms. The summed E-state index contributed by atoms with van der Waals surface area (Å²) in [6.45, 7) is 13.2. The van der Waals surface area contributed by atoms with Crippen molar-refractivity contribution in [2.75, 3.05) is 0 Å². The lowest BCUT2D eigenvalue weighted by molar-refractivity contribution is 0.00752. The highest BCUT2D eigenvalue weighted by Gasteiger charge is 2.29. The van der Waals surface area contributed by atoms with E-state index in [0.717, 1.165) is 4.88 Å². The van der Waals surface area contributed by atoms with E-state index in [-0.39, 0.29) is 16.8 Å². The molecule has 4 nitrogen and oxygen atoms in total. The van der Waals surface area contributed by atoms with Crippen LogP contribution in [0, 0.1) is 0 Å². The lowest BCUT2D eigenvalue weighted by atomic mass is 10.2. The number of hydrogen-bond donors (Lipinski definition) is 1. The van der Waals surface area contributed by atoms with Crippen LogP contribution in [0.1, 0.15) is 69.1 Å². The van der Waals surface area contributed by atoms with Gasteiger partial charge in [-0.1, -0.05) is 0 Å². The van der Waals surface area contributed by atoms with Gasteiger partial charge < -0.3 is 9.29 Å². The molecule has 0 aliphatic heterocycles. The van der Waals surface area contributed by atoms with Gasteiger partial charge in [0.25, 0.3) is 0 Å². The van der Waals surface area contributed by atoms with Crippen LogP contribution in [-0.4, -0.2) is 20.9 Å². The van der Waals surface area contributed by atoms with Crippen LogP contribution >= 0.6 is 11.3 Å². The molecule has 0 saturated heterocycles. The van der Waals surface area contributed by atoms with Crippen LogP contribution in [0.15, 0.2) is 12.1 Å². The average Bonchev–Trinajstić information content (AvgIpc) is 2.74. The van der Waals surface area contributed by atoms with Crippen molar-refractivity contribution in [3.05, 3.63) is 21.9 Å². The minimum Gasteiger partial charge on any atom is -0.598 e. The van der Waals surface area contributed by atoms with Crippen molar-refractivity contribution in [3.63, 3.8) is 0 Å². The van der Waals surface area contributed by atoms with Gasteiger partial charge in [-0.15, -0.1) is 16.1 Å². The van der Waals surface area contributed by atoms with Crippen LogP contribution in [-0.2, 0) is 16.1 Å². The Morgan fingerprint density at radius 2 is 1.86 bits per heavy atom. The van der Waals surface area contributed by atoms with E-state index in [2.05, 4.69) is 4.72 Å². The average molecular weight is 332 g/mol. The first kappa shape index (κ1) is 18.5. The molecule has 0 aromatic carbocycles. The summed E-state index contributed by atoms with van der Waals surface area (Å²) in [7, 11) is 0. The Labute approximate surface area is 134 Å². The maximum Gasteiger partial charge on any atom is 0.348 e. The van der Waals surface area contributed by atoms with Gasteiger partial charge in [-0.2, -0.15) is 0 Å². The molecule has 0 radical (unpaired) electrons. The number of carbonyl (C=O) groups is 1. The van der Waals surface area contributed by atoms with Crippen molar-refractivity contribution in [3.8, 4) is 0 Å². The molecule has 1 unspecified atom stereocenters. The monoisotopic (exact) mass is 331 g/mol. The molecule has 0 bridgehead atoms. The summed E-state index contributed by atoms with van der Waals surface area (Å²) in [5.41, 5.74) is -0.501. The van der Waals surface area contributed by atoms with Gasteiger partial charge in [-0.05, 0) is 60.6 Å². The van der Waals surface area contributed by atoms with Gasteiger partial charge in [0.2, 0.25) is 0 Å². The minimum absolute atomic E-state index is 0.0776. The highest BCUT2D eigenvalue weighted by Crippen LogP contribution is 2.27. The summed E-state index contributed by atoms with van der Waals surface area (Å²) < 4.78 is 20.2. The second-order valence-corrected chi connectivity index (χ2v) is 10.0. The van der Waals surface area contributed by atoms with Gasteiger partial charge >= 0.3 is 5.97 Å². The van der Waals surface area contributed by atoms with E-state index in [1.54, 1.807) is 6.07 Å². The van der Waals surface area contributed by atoms with Gasteiger partial charge in [-0.3, -0.25) is 0 Å². The molecule has 0 saturated carbocycles. The quantitative estimate of drug-likeness (QED) is 0.673. The molecular formula is C15H25NO3S2. The number of esters is 1. The number of carbonyl (C=O) groups excluding carboxylic acids is 1. The standard InChI is InChI=1S/C15H25NO3S2/c1-10(16-21(18)15(5,6)7)11-8-9-12(20-11)13(17)19-14(2,3)4/h8-10,16H,1-7H3/t10-,21?/m1/s1. The predicted molar refractivity (Wildman–Crippen MR) is 88.9 cm³/mol. The van der Waals surface area contributed by atoms with E-state index < -0.39 is 17.0 Å². The van der Waals surface area contributed by atoms with E-state index in [1.165, 1.54) is 11.3 Å². The van der Waals surface area contributed by atoms with Crippen molar-refractivity contribution in [2.45, 2.75) is 64.9 Å². The van der Waals surface area contributed by atoms with Crippen LogP contribution < -0.4 is 4.72 Å². The van der Waals surface area contributed by atoms with Gasteiger partial charge in [0.1, 0.15) is 15.2 Å². The van der Waals surface area contributed by atoms with Crippen LogP contribution in [0.3, 0.4) is 0 Å². The van der Waals surface area contributed by atoms with Gasteiger partial charge in [0.05, 0.1) is 6.04 Å². The Morgan fingerprint density at radius 1 is 1.29 bits per heavy atom. The van der Waals surface area contributed by atoms with E-state index >= 15 is 0 Å². The minimum atomic E-state index is -1.14. The van der Waals surface area contributed by atoms with E-state index in [9.17, 15) is 9.35 Å². The maximum atomic E-state index is 12.1. The molecule has 0 fully saturated rings. The largest absolute Gasteiger partial charge is 0.598 e. The molecular weight excluding hydrogens is 306 g/mol. The molecule has 0 aliphatic carbocycles. The summed E-state index contributed by atoms with van der Waals surface area (Å²) in [6, 6.07) is 3.56.